The van der Waals surface area contributed by atoms with Gasteiger partial charge in [0.1, 0.15) is 11.4 Å². The average Bonchev–Trinajstić information content (AvgIpc) is 2.55. The molecule has 1 aromatic carbocycles. The maximum atomic E-state index is 6.59. The first-order chi connectivity index (χ1) is 11.8. The van der Waals surface area contributed by atoms with Crippen molar-refractivity contribution in [3.8, 4) is 5.75 Å². The Labute approximate surface area is 154 Å². The van der Waals surface area contributed by atoms with Gasteiger partial charge in [-0.25, -0.2) is 0 Å². The van der Waals surface area contributed by atoms with E-state index >= 15 is 0 Å². The fourth-order valence-corrected chi connectivity index (χ4v) is 3.43. The molecule has 0 radical (unpaired) electrons. The highest BCUT2D eigenvalue weighted by Crippen LogP contribution is 2.44. The molecule has 0 bridgehead atoms. The second-order valence-electron chi connectivity index (χ2n) is 8.42. The highest BCUT2D eigenvalue weighted by Gasteiger charge is 2.44. The van der Waals surface area contributed by atoms with Crippen LogP contribution in [0.15, 0.2) is 47.6 Å². The van der Waals surface area contributed by atoms with E-state index in [1.54, 1.807) is 5.57 Å². The van der Waals surface area contributed by atoms with E-state index in [1.807, 2.05) is 24.3 Å². The molecule has 2 nitrogen and oxygen atoms in total. The molecule has 2 N–H and O–H groups in total. The monoisotopic (exact) mass is 341 g/mol. The highest BCUT2D eigenvalue weighted by molar-refractivity contribution is 5.43. The number of ether oxygens (including phenoxy) is 1. The Hall–Kier alpha value is -1.70. The van der Waals surface area contributed by atoms with E-state index in [9.17, 15) is 0 Å². The van der Waals surface area contributed by atoms with E-state index in [2.05, 4.69) is 46.8 Å². The van der Waals surface area contributed by atoms with Crippen LogP contribution in [0.2, 0.25) is 0 Å². The van der Waals surface area contributed by atoms with Crippen molar-refractivity contribution in [1.29, 1.82) is 0 Å². The second kappa shape index (κ2) is 8.12. The molecule has 25 heavy (non-hydrogen) atoms. The molecule has 0 amide bonds. The summed E-state index contributed by atoms with van der Waals surface area (Å²) in [4.78, 5) is 0. The lowest BCUT2D eigenvalue weighted by molar-refractivity contribution is 0.00913. The molecule has 0 saturated heterocycles. The summed E-state index contributed by atoms with van der Waals surface area (Å²) in [5, 5.41) is 0. The maximum absolute atomic E-state index is 6.59. The molecule has 1 aliphatic carbocycles. The molecule has 1 unspecified atom stereocenters. The number of hydrogen-bond donors (Lipinski definition) is 1. The van der Waals surface area contributed by atoms with E-state index in [0.717, 1.165) is 17.9 Å². The minimum absolute atomic E-state index is 0.000253. The van der Waals surface area contributed by atoms with Gasteiger partial charge >= 0.3 is 0 Å². The second-order valence-corrected chi connectivity index (χ2v) is 8.42. The normalized spacial score (nSPS) is 20.8. The Bertz CT molecular complexity index is 618. The Balaban J connectivity index is 2.20. The van der Waals surface area contributed by atoms with Crippen LogP contribution in [0, 0.1) is 5.41 Å². The van der Waals surface area contributed by atoms with Gasteiger partial charge in [-0.05, 0) is 50.1 Å². The molecule has 0 fully saturated rings. The molecule has 2 heteroatoms. The number of allylic oxidation sites excluding steroid dienone is 2. The quantitative estimate of drug-likeness (QED) is 0.443. The van der Waals surface area contributed by atoms with Crippen molar-refractivity contribution in [2.24, 2.45) is 5.41 Å². The van der Waals surface area contributed by atoms with Gasteiger partial charge in [0.25, 0.3) is 0 Å². The van der Waals surface area contributed by atoms with Gasteiger partial charge in [-0.2, -0.15) is 0 Å². The summed E-state index contributed by atoms with van der Waals surface area (Å²) in [6.07, 6.45) is 11.9. The summed E-state index contributed by atoms with van der Waals surface area (Å²) < 4.78 is 6.59. The van der Waals surface area contributed by atoms with Gasteiger partial charge in [-0.15, -0.1) is 0 Å². The number of benzene rings is 1. The molecular formula is C23H35NO. The first kappa shape index (κ1) is 19.6. The van der Waals surface area contributed by atoms with E-state index in [-0.39, 0.29) is 11.0 Å². The number of nitrogen functional groups attached to an aromatic ring is 1. The summed E-state index contributed by atoms with van der Waals surface area (Å²) in [5.74, 6) is 0.888. The van der Waals surface area contributed by atoms with Crippen molar-refractivity contribution in [3.05, 3.63) is 47.6 Å². The maximum Gasteiger partial charge on any atom is 0.136 e. The molecular weight excluding hydrogens is 306 g/mol. The predicted molar refractivity (Wildman–Crippen MR) is 109 cm³/mol. The molecule has 0 heterocycles. The Morgan fingerprint density at radius 2 is 1.76 bits per heavy atom. The predicted octanol–water partition coefficient (Wildman–Crippen LogP) is 6.68. The van der Waals surface area contributed by atoms with Gasteiger partial charge in [-0.1, -0.05) is 64.2 Å². The minimum Gasteiger partial charge on any atom is -0.482 e. The smallest absolute Gasteiger partial charge is 0.136 e. The van der Waals surface area contributed by atoms with Crippen molar-refractivity contribution in [3.63, 3.8) is 0 Å². The van der Waals surface area contributed by atoms with E-state index < -0.39 is 0 Å². The van der Waals surface area contributed by atoms with Gasteiger partial charge in [0, 0.05) is 17.5 Å². The van der Waals surface area contributed by atoms with Gasteiger partial charge in [0.05, 0.1) is 0 Å². The largest absolute Gasteiger partial charge is 0.482 e. The number of hydrogen-bond acceptors (Lipinski definition) is 2. The Morgan fingerprint density at radius 1 is 1.08 bits per heavy atom. The molecule has 1 aromatic rings. The minimum atomic E-state index is -0.317. The molecule has 1 atom stereocenters. The van der Waals surface area contributed by atoms with Gasteiger partial charge in [0.2, 0.25) is 0 Å². The van der Waals surface area contributed by atoms with Crippen LogP contribution in [0.5, 0.6) is 5.75 Å². The third kappa shape index (κ3) is 4.90. The van der Waals surface area contributed by atoms with Crippen molar-refractivity contribution >= 4 is 5.69 Å². The number of anilines is 1. The summed E-state index contributed by atoms with van der Waals surface area (Å²) in [6.45, 7) is 11.3. The lowest BCUT2D eigenvalue weighted by Gasteiger charge is -2.45. The molecule has 138 valence electrons. The van der Waals surface area contributed by atoms with Gasteiger partial charge < -0.3 is 10.5 Å². The lowest BCUT2D eigenvalue weighted by Crippen LogP contribution is -2.48. The highest BCUT2D eigenvalue weighted by atomic mass is 16.5. The first-order valence-corrected chi connectivity index (χ1v) is 9.70. The molecule has 1 aliphatic rings. The molecule has 2 rings (SSSR count). The van der Waals surface area contributed by atoms with Crippen molar-refractivity contribution in [2.45, 2.75) is 78.7 Å². The molecule has 0 aromatic heterocycles. The van der Waals surface area contributed by atoms with Crippen LogP contribution >= 0.6 is 0 Å². The fraction of sp³-hybridized carbons (Fsp3) is 0.565. The zero-order valence-corrected chi connectivity index (χ0v) is 16.7. The fourth-order valence-electron chi connectivity index (χ4n) is 3.43. The molecule has 0 saturated carbocycles. The van der Waals surface area contributed by atoms with Crippen LogP contribution in [-0.4, -0.2) is 5.60 Å². The number of rotatable bonds is 7. The van der Waals surface area contributed by atoms with E-state index in [1.165, 1.54) is 37.7 Å². The Kier molecular flexibility index (Phi) is 6.37. The standard InChI is InChI=1S/C23H35NO/c1-6-7-8-9-10-19-17-23(22(3,4)5,16-15-18(19)2)25-21-13-11-20(24)12-14-21/h11-16H,6-10,17,24H2,1-5H3. The third-order valence-electron chi connectivity index (χ3n) is 5.42. The Morgan fingerprint density at radius 3 is 2.36 bits per heavy atom. The topological polar surface area (TPSA) is 35.2 Å². The summed E-state index contributed by atoms with van der Waals surface area (Å²) in [7, 11) is 0. The van der Waals surface area contributed by atoms with Crippen LogP contribution in [0.1, 0.15) is 73.1 Å². The zero-order chi connectivity index (χ0) is 18.5. The summed E-state index contributed by atoms with van der Waals surface area (Å²) in [6, 6.07) is 7.77. The van der Waals surface area contributed by atoms with Crippen molar-refractivity contribution in [2.75, 3.05) is 5.73 Å². The van der Waals surface area contributed by atoms with Crippen molar-refractivity contribution in [1.82, 2.24) is 0 Å². The van der Waals surface area contributed by atoms with Crippen LogP contribution in [0.3, 0.4) is 0 Å². The average molecular weight is 342 g/mol. The van der Waals surface area contributed by atoms with Gasteiger partial charge in [0.15, 0.2) is 0 Å². The SMILES string of the molecule is CCCCCCC1=C(C)C=CC(Oc2ccc(N)cc2)(C(C)(C)C)C1. The molecule has 0 spiro atoms. The zero-order valence-electron chi connectivity index (χ0n) is 16.7. The van der Waals surface area contributed by atoms with Crippen LogP contribution in [-0.2, 0) is 0 Å². The summed E-state index contributed by atoms with van der Waals surface area (Å²) >= 11 is 0. The third-order valence-corrected chi connectivity index (χ3v) is 5.42. The number of nitrogens with two attached hydrogens (primary N) is 1. The first-order valence-electron chi connectivity index (χ1n) is 9.70. The van der Waals surface area contributed by atoms with Crippen LogP contribution in [0.25, 0.3) is 0 Å². The van der Waals surface area contributed by atoms with Gasteiger partial charge in [-0.3, -0.25) is 0 Å². The van der Waals surface area contributed by atoms with E-state index in [0.29, 0.717) is 0 Å². The molecule has 0 aliphatic heterocycles. The lowest BCUT2D eigenvalue weighted by atomic mass is 9.69. The van der Waals surface area contributed by atoms with Crippen LogP contribution < -0.4 is 10.5 Å². The number of unbranched alkanes of at least 4 members (excludes halogenated alkanes) is 3. The van der Waals surface area contributed by atoms with Crippen LogP contribution in [0.4, 0.5) is 5.69 Å². The van der Waals surface area contributed by atoms with E-state index in [4.69, 9.17) is 10.5 Å². The summed E-state index contributed by atoms with van der Waals surface area (Å²) in [5.41, 5.74) is 9.23. The van der Waals surface area contributed by atoms with Crippen molar-refractivity contribution < 1.29 is 4.74 Å².